The monoisotopic (exact) mass is 470 g/mol. The molecule has 0 amide bonds. The molecule has 0 aliphatic heterocycles. The molecule has 12 heteroatoms. The lowest BCUT2D eigenvalue weighted by molar-refractivity contribution is 0.438. The van der Waals surface area contributed by atoms with Gasteiger partial charge < -0.3 is 0 Å². The molecule has 0 aliphatic rings. The number of rotatable bonds is 3. The van der Waals surface area contributed by atoms with Crippen molar-refractivity contribution in [3.05, 3.63) is 87.8 Å². The summed E-state index contributed by atoms with van der Waals surface area (Å²) in [6.45, 7) is 0.683. The van der Waals surface area contributed by atoms with Crippen LogP contribution in [-0.2, 0) is 0 Å². The van der Waals surface area contributed by atoms with Gasteiger partial charge in [0.05, 0.1) is 0 Å². The summed E-state index contributed by atoms with van der Waals surface area (Å²) in [5.41, 5.74) is -1.01. The number of hydrogen-bond acceptors (Lipinski definition) is 0. The summed E-state index contributed by atoms with van der Waals surface area (Å²) in [6, 6.07) is -0.559. The van der Waals surface area contributed by atoms with Crippen LogP contribution in [0.2, 0.25) is 0 Å². The van der Waals surface area contributed by atoms with E-state index in [4.69, 9.17) is 0 Å². The zero-order valence-corrected chi connectivity index (χ0v) is 16.1. The van der Waals surface area contributed by atoms with Crippen LogP contribution in [0.4, 0.5) is 48.3 Å². The zero-order chi connectivity index (χ0) is 23.4. The van der Waals surface area contributed by atoms with Gasteiger partial charge in [0, 0.05) is 18.2 Å². The maximum atomic E-state index is 14.6. The summed E-state index contributed by atoms with van der Waals surface area (Å²) in [5, 5.41) is 0. The Kier molecular flexibility index (Phi) is 6.08. The highest BCUT2D eigenvalue weighted by molar-refractivity contribution is 6.96. The van der Waals surface area contributed by atoms with E-state index in [1.165, 1.54) is 0 Å². The van der Waals surface area contributed by atoms with Gasteiger partial charge in [-0.1, -0.05) is 4.43 Å². The van der Waals surface area contributed by atoms with E-state index in [-0.39, 0.29) is 18.2 Å². The minimum Gasteiger partial charge on any atom is -0.208 e. The molecule has 0 unspecified atom stereocenters. The van der Waals surface area contributed by atoms with Gasteiger partial charge in [-0.15, -0.1) is 0 Å². The molecule has 0 fully saturated rings. The highest BCUT2D eigenvalue weighted by Crippen LogP contribution is 2.19. The third-order valence-electron chi connectivity index (χ3n) is 4.62. The molecule has 0 aliphatic carbocycles. The SMILES string of the molecule is Cc1c(F)c(F)cc(F)[c]1[Al]([c]1c(F)cc(F)c(F)c1F)[c]1c(F)cc(F)c(F)c1F. The largest absolute Gasteiger partial charge is 0.408 e. The molecule has 0 aromatic heterocycles. The molecule has 0 saturated carbocycles. The van der Waals surface area contributed by atoms with Gasteiger partial charge in [-0.2, -0.15) is 0 Å². The fourth-order valence-electron chi connectivity index (χ4n) is 3.21. The molecule has 3 rings (SSSR count). The van der Waals surface area contributed by atoms with Gasteiger partial charge in [-0.3, -0.25) is 0 Å². The lowest BCUT2D eigenvalue weighted by Crippen LogP contribution is -2.59. The standard InChI is InChI=1S/C7H4F3.2C6HF4.Al/c1-4-2-5(8)3-6(9)7(4)10;2*7-3-1-4(8)6(10)5(9)2-3;/h3H,1H3;2*1H;. The first-order valence-corrected chi connectivity index (χ1v) is 9.91. The van der Waals surface area contributed by atoms with Gasteiger partial charge in [-0.25, -0.2) is 48.3 Å². The molecule has 0 spiro atoms. The maximum absolute atomic E-state index is 14.6. The van der Waals surface area contributed by atoms with Crippen molar-refractivity contribution < 1.29 is 48.3 Å². The van der Waals surface area contributed by atoms with Crippen LogP contribution in [0, 0.1) is 70.9 Å². The molecule has 0 atom stereocenters. The molecule has 162 valence electrons. The van der Waals surface area contributed by atoms with Gasteiger partial charge in [0.25, 0.3) is 0 Å². The average molecular weight is 470 g/mol. The molecular formula is C19H6AlF11. The number of benzene rings is 3. The van der Waals surface area contributed by atoms with Gasteiger partial charge in [0.1, 0.15) is 17.5 Å². The van der Waals surface area contributed by atoms with Crippen LogP contribution in [0.3, 0.4) is 0 Å². The highest BCUT2D eigenvalue weighted by Gasteiger charge is 2.42. The molecular weight excluding hydrogens is 464 g/mol. The van der Waals surface area contributed by atoms with Gasteiger partial charge in [0.2, 0.25) is 0 Å². The second-order valence-corrected chi connectivity index (χ2v) is 8.99. The summed E-state index contributed by atoms with van der Waals surface area (Å²) < 4.78 is 150. The summed E-state index contributed by atoms with van der Waals surface area (Å²) in [6.07, 6.45) is 0. The molecule has 0 N–H and O–H groups in total. The third-order valence-corrected chi connectivity index (χ3v) is 8.12. The van der Waals surface area contributed by atoms with Crippen molar-refractivity contribution in [1.29, 1.82) is 0 Å². The van der Waals surface area contributed by atoms with Crippen molar-refractivity contribution in [2.24, 2.45) is 0 Å². The Morgan fingerprint density at radius 1 is 0.419 bits per heavy atom. The van der Waals surface area contributed by atoms with E-state index >= 15 is 0 Å². The second-order valence-electron chi connectivity index (χ2n) is 6.39. The van der Waals surface area contributed by atoms with E-state index in [1.807, 2.05) is 0 Å². The van der Waals surface area contributed by atoms with E-state index in [0.717, 1.165) is 0 Å². The molecule has 0 radical (unpaired) electrons. The predicted octanol–water partition coefficient (Wildman–Crippen LogP) is 4.04. The van der Waals surface area contributed by atoms with Crippen LogP contribution >= 0.6 is 0 Å². The van der Waals surface area contributed by atoms with Crippen LogP contribution < -0.4 is 13.3 Å². The van der Waals surface area contributed by atoms with E-state index in [2.05, 4.69) is 0 Å². The fourth-order valence-corrected chi connectivity index (χ4v) is 6.47. The first kappa shape index (κ1) is 23.1. The highest BCUT2D eigenvalue weighted by atomic mass is 27.2. The lowest BCUT2D eigenvalue weighted by atomic mass is 10.2. The summed E-state index contributed by atoms with van der Waals surface area (Å²) in [4.78, 5) is 0. The average Bonchev–Trinajstić information content (AvgIpc) is 2.68. The Morgan fingerprint density at radius 3 is 1.13 bits per heavy atom. The van der Waals surface area contributed by atoms with Crippen LogP contribution in [-0.4, -0.2) is 14.1 Å². The van der Waals surface area contributed by atoms with Crippen LogP contribution in [0.15, 0.2) is 18.2 Å². The lowest BCUT2D eigenvalue weighted by Gasteiger charge is -2.20. The minimum absolute atomic E-state index is 0.108. The van der Waals surface area contributed by atoms with Crippen molar-refractivity contribution in [1.82, 2.24) is 0 Å². The van der Waals surface area contributed by atoms with Gasteiger partial charge in [-0.05, 0) is 21.3 Å². The van der Waals surface area contributed by atoms with Crippen molar-refractivity contribution in [2.75, 3.05) is 0 Å². The van der Waals surface area contributed by atoms with Crippen molar-refractivity contribution in [2.45, 2.75) is 6.92 Å². The van der Waals surface area contributed by atoms with Crippen molar-refractivity contribution >= 4 is 27.4 Å². The topological polar surface area (TPSA) is 0 Å². The van der Waals surface area contributed by atoms with Crippen LogP contribution in [0.1, 0.15) is 5.56 Å². The van der Waals surface area contributed by atoms with E-state index in [9.17, 15) is 48.3 Å². The fraction of sp³-hybridized carbons (Fsp3) is 0.0526. The Balaban J connectivity index is 2.56. The van der Waals surface area contributed by atoms with E-state index < -0.39 is 97.0 Å². The van der Waals surface area contributed by atoms with E-state index in [0.29, 0.717) is 6.92 Å². The van der Waals surface area contributed by atoms with Crippen molar-refractivity contribution in [3.8, 4) is 0 Å². The molecule has 0 heterocycles. The molecule has 3 aromatic rings. The maximum Gasteiger partial charge on any atom is 0.408 e. The minimum atomic E-state index is -4.79. The molecule has 0 bridgehead atoms. The number of hydrogen-bond donors (Lipinski definition) is 0. The number of halogens is 11. The first-order valence-electron chi connectivity index (χ1n) is 8.18. The first-order chi connectivity index (χ1) is 14.4. The summed E-state index contributed by atoms with van der Waals surface area (Å²) in [5.74, 6) is -22.7. The molecule has 31 heavy (non-hydrogen) atoms. The van der Waals surface area contributed by atoms with Crippen LogP contribution in [0.5, 0.6) is 0 Å². The van der Waals surface area contributed by atoms with Gasteiger partial charge in [0.15, 0.2) is 46.5 Å². The molecule has 0 nitrogen and oxygen atoms in total. The van der Waals surface area contributed by atoms with Crippen LogP contribution in [0.25, 0.3) is 0 Å². The second kappa shape index (κ2) is 8.17. The van der Waals surface area contributed by atoms with Crippen molar-refractivity contribution in [3.63, 3.8) is 0 Å². The summed E-state index contributed by atoms with van der Waals surface area (Å²) >= 11 is -4.79. The Hall–Kier alpha value is -2.58. The van der Waals surface area contributed by atoms with E-state index in [1.54, 1.807) is 0 Å². The Bertz CT molecular complexity index is 1070. The molecule has 3 aromatic carbocycles. The smallest absolute Gasteiger partial charge is 0.208 e. The predicted molar refractivity (Wildman–Crippen MR) is 88.3 cm³/mol. The quantitative estimate of drug-likeness (QED) is 0.235. The molecule has 0 saturated heterocycles. The Labute approximate surface area is 170 Å². The summed E-state index contributed by atoms with van der Waals surface area (Å²) in [7, 11) is 0. The van der Waals surface area contributed by atoms with Gasteiger partial charge >= 0.3 is 14.1 Å². The normalized spacial score (nSPS) is 11.2. The zero-order valence-electron chi connectivity index (χ0n) is 15.0. The third kappa shape index (κ3) is 3.68. The Morgan fingerprint density at radius 2 is 0.742 bits per heavy atom.